The van der Waals surface area contributed by atoms with Crippen molar-refractivity contribution in [1.82, 2.24) is 15.1 Å². The van der Waals surface area contributed by atoms with Crippen molar-refractivity contribution in [2.75, 3.05) is 25.0 Å². The molecule has 0 unspecified atom stereocenters. The first kappa shape index (κ1) is 13.7. The number of rotatable bonds is 4. The van der Waals surface area contributed by atoms with Crippen LogP contribution in [0.5, 0.6) is 0 Å². The molecule has 0 aromatic carbocycles. The van der Waals surface area contributed by atoms with E-state index in [1.165, 1.54) is 0 Å². The number of carbonyl (C=O) groups is 1. The van der Waals surface area contributed by atoms with Gasteiger partial charge in [0.1, 0.15) is 5.82 Å². The summed E-state index contributed by atoms with van der Waals surface area (Å²) >= 11 is 0. The average Bonchev–Trinajstić information content (AvgIpc) is 2.46. The van der Waals surface area contributed by atoms with Crippen molar-refractivity contribution in [3.8, 4) is 0 Å². The standard InChI is InChI=1S/C13H20N4O2/c1-2-7-14-12-4-3-11(15-16-12)13(19)17-8-5-10(18)6-9-17/h3-4,10,18H,2,5-9H2,1H3,(H,14,16). The van der Waals surface area contributed by atoms with Crippen LogP contribution < -0.4 is 5.32 Å². The van der Waals surface area contributed by atoms with E-state index in [4.69, 9.17) is 0 Å². The van der Waals surface area contributed by atoms with Gasteiger partial charge < -0.3 is 15.3 Å². The molecule has 2 rings (SSSR count). The number of likely N-dealkylation sites (tertiary alicyclic amines) is 1. The summed E-state index contributed by atoms with van der Waals surface area (Å²) in [5.41, 5.74) is 0.360. The van der Waals surface area contributed by atoms with Gasteiger partial charge >= 0.3 is 0 Å². The van der Waals surface area contributed by atoms with Gasteiger partial charge in [-0.2, -0.15) is 0 Å². The number of hydrogen-bond donors (Lipinski definition) is 2. The highest BCUT2D eigenvalue weighted by Crippen LogP contribution is 2.13. The van der Waals surface area contributed by atoms with Crippen LogP contribution in [-0.4, -0.2) is 51.8 Å². The molecule has 0 spiro atoms. The van der Waals surface area contributed by atoms with E-state index < -0.39 is 0 Å². The van der Waals surface area contributed by atoms with Crippen molar-refractivity contribution in [3.63, 3.8) is 0 Å². The third-order valence-corrected chi connectivity index (χ3v) is 3.19. The lowest BCUT2D eigenvalue weighted by Gasteiger charge is -2.29. The molecular weight excluding hydrogens is 244 g/mol. The van der Waals surface area contributed by atoms with Gasteiger partial charge in [0, 0.05) is 19.6 Å². The summed E-state index contributed by atoms with van der Waals surface area (Å²) in [5, 5.41) is 20.5. The van der Waals surface area contributed by atoms with E-state index in [2.05, 4.69) is 22.4 Å². The van der Waals surface area contributed by atoms with Gasteiger partial charge in [-0.3, -0.25) is 4.79 Å². The van der Waals surface area contributed by atoms with Crippen LogP contribution in [0.3, 0.4) is 0 Å². The van der Waals surface area contributed by atoms with Gasteiger partial charge in [0.05, 0.1) is 6.10 Å². The summed E-state index contributed by atoms with van der Waals surface area (Å²) in [5.74, 6) is 0.578. The molecule has 1 aromatic rings. The van der Waals surface area contributed by atoms with Crippen molar-refractivity contribution in [2.24, 2.45) is 0 Å². The highest BCUT2D eigenvalue weighted by Gasteiger charge is 2.23. The van der Waals surface area contributed by atoms with Gasteiger partial charge in [-0.25, -0.2) is 0 Å². The molecule has 1 aromatic heterocycles. The highest BCUT2D eigenvalue weighted by molar-refractivity contribution is 5.92. The predicted molar refractivity (Wildman–Crippen MR) is 72.0 cm³/mol. The van der Waals surface area contributed by atoms with Gasteiger partial charge in [0.2, 0.25) is 0 Å². The molecule has 0 bridgehead atoms. The minimum absolute atomic E-state index is 0.110. The van der Waals surface area contributed by atoms with Gasteiger partial charge in [-0.1, -0.05) is 6.92 Å². The molecule has 0 aliphatic carbocycles. The maximum absolute atomic E-state index is 12.2. The summed E-state index contributed by atoms with van der Waals surface area (Å²) in [7, 11) is 0. The van der Waals surface area contributed by atoms with Crippen molar-refractivity contribution in [2.45, 2.75) is 32.3 Å². The topological polar surface area (TPSA) is 78.4 Å². The van der Waals surface area contributed by atoms with Gasteiger partial charge in [0.15, 0.2) is 5.69 Å². The Labute approximate surface area is 112 Å². The second-order valence-corrected chi connectivity index (χ2v) is 4.75. The number of amides is 1. The lowest BCUT2D eigenvalue weighted by atomic mass is 10.1. The number of aliphatic hydroxyl groups excluding tert-OH is 1. The Morgan fingerprint density at radius 2 is 2.16 bits per heavy atom. The van der Waals surface area contributed by atoms with Crippen LogP contribution in [0, 0.1) is 0 Å². The first-order chi connectivity index (χ1) is 9.20. The molecule has 6 nitrogen and oxygen atoms in total. The maximum Gasteiger partial charge on any atom is 0.274 e. The predicted octanol–water partition coefficient (Wildman–Crippen LogP) is 0.895. The Morgan fingerprint density at radius 3 is 2.74 bits per heavy atom. The molecule has 6 heteroatoms. The molecule has 1 aliphatic heterocycles. The Kier molecular flexibility index (Phi) is 4.68. The first-order valence-electron chi connectivity index (χ1n) is 6.75. The van der Waals surface area contributed by atoms with Gasteiger partial charge in [-0.15, -0.1) is 10.2 Å². The summed E-state index contributed by atoms with van der Waals surface area (Å²) in [6, 6.07) is 3.47. The number of hydrogen-bond acceptors (Lipinski definition) is 5. The number of aliphatic hydroxyl groups is 1. The molecular formula is C13H20N4O2. The molecule has 2 heterocycles. The number of piperidine rings is 1. The van der Waals surface area contributed by atoms with Crippen LogP contribution >= 0.6 is 0 Å². The lowest BCUT2D eigenvalue weighted by molar-refractivity contribution is 0.0540. The second-order valence-electron chi connectivity index (χ2n) is 4.75. The molecule has 19 heavy (non-hydrogen) atoms. The third kappa shape index (κ3) is 3.64. The fourth-order valence-corrected chi connectivity index (χ4v) is 2.02. The van der Waals surface area contributed by atoms with Crippen LogP contribution in [0.2, 0.25) is 0 Å². The minimum Gasteiger partial charge on any atom is -0.393 e. The molecule has 104 valence electrons. The molecule has 0 radical (unpaired) electrons. The van der Waals surface area contributed by atoms with Crippen LogP contribution in [0.15, 0.2) is 12.1 Å². The number of nitrogens with one attached hydrogen (secondary N) is 1. The Morgan fingerprint density at radius 1 is 1.42 bits per heavy atom. The first-order valence-corrected chi connectivity index (χ1v) is 6.75. The normalized spacial score (nSPS) is 16.4. The summed E-state index contributed by atoms with van der Waals surface area (Å²) in [6.07, 6.45) is 2.00. The fourth-order valence-electron chi connectivity index (χ4n) is 2.02. The SMILES string of the molecule is CCCNc1ccc(C(=O)N2CCC(O)CC2)nn1. The van der Waals surface area contributed by atoms with Crippen LogP contribution in [0.25, 0.3) is 0 Å². The summed E-state index contributed by atoms with van der Waals surface area (Å²) < 4.78 is 0. The monoisotopic (exact) mass is 264 g/mol. The minimum atomic E-state index is -0.282. The number of carbonyl (C=O) groups excluding carboxylic acids is 1. The zero-order chi connectivity index (χ0) is 13.7. The van der Waals surface area contributed by atoms with E-state index in [0.717, 1.165) is 13.0 Å². The molecule has 1 amide bonds. The zero-order valence-corrected chi connectivity index (χ0v) is 11.2. The second kappa shape index (κ2) is 6.47. The van der Waals surface area contributed by atoms with Crippen molar-refractivity contribution in [3.05, 3.63) is 17.8 Å². The largest absolute Gasteiger partial charge is 0.393 e. The van der Waals surface area contributed by atoms with Crippen molar-refractivity contribution in [1.29, 1.82) is 0 Å². The van der Waals surface area contributed by atoms with Gasteiger partial charge in [0.25, 0.3) is 5.91 Å². The quantitative estimate of drug-likeness (QED) is 0.844. The van der Waals surface area contributed by atoms with E-state index >= 15 is 0 Å². The van der Waals surface area contributed by atoms with E-state index in [-0.39, 0.29) is 12.0 Å². The fraction of sp³-hybridized carbons (Fsp3) is 0.615. The van der Waals surface area contributed by atoms with Crippen molar-refractivity contribution < 1.29 is 9.90 Å². The van der Waals surface area contributed by atoms with Crippen LogP contribution in [-0.2, 0) is 0 Å². The summed E-state index contributed by atoms with van der Waals surface area (Å²) in [4.78, 5) is 13.9. The maximum atomic E-state index is 12.2. The smallest absolute Gasteiger partial charge is 0.274 e. The lowest BCUT2D eigenvalue weighted by Crippen LogP contribution is -2.40. The number of aromatic nitrogens is 2. The molecule has 1 saturated heterocycles. The highest BCUT2D eigenvalue weighted by atomic mass is 16.3. The van der Waals surface area contributed by atoms with E-state index in [0.29, 0.717) is 37.4 Å². The summed E-state index contributed by atoms with van der Waals surface area (Å²) in [6.45, 7) is 4.07. The van der Waals surface area contributed by atoms with Crippen molar-refractivity contribution >= 4 is 11.7 Å². The molecule has 1 aliphatic rings. The van der Waals surface area contributed by atoms with Gasteiger partial charge in [-0.05, 0) is 31.4 Å². The van der Waals surface area contributed by atoms with E-state index in [1.807, 2.05) is 0 Å². The molecule has 0 saturated carbocycles. The molecule has 0 atom stereocenters. The third-order valence-electron chi connectivity index (χ3n) is 3.19. The number of anilines is 1. The van der Waals surface area contributed by atoms with E-state index in [9.17, 15) is 9.90 Å². The Bertz CT molecular complexity index is 413. The molecule has 1 fully saturated rings. The van der Waals surface area contributed by atoms with Crippen LogP contribution in [0.4, 0.5) is 5.82 Å². The van der Waals surface area contributed by atoms with E-state index in [1.54, 1.807) is 17.0 Å². The average molecular weight is 264 g/mol. The number of nitrogens with zero attached hydrogens (tertiary/aromatic N) is 3. The Balaban J connectivity index is 1.95. The zero-order valence-electron chi connectivity index (χ0n) is 11.2. The van der Waals surface area contributed by atoms with Crippen LogP contribution in [0.1, 0.15) is 36.7 Å². The molecule has 2 N–H and O–H groups in total. The Hall–Kier alpha value is -1.69.